The van der Waals surface area contributed by atoms with Crippen molar-refractivity contribution >= 4 is 23.9 Å². The van der Waals surface area contributed by atoms with Gasteiger partial charge < -0.3 is 28.4 Å². The summed E-state index contributed by atoms with van der Waals surface area (Å²) in [6.07, 6.45) is 17.9. The Balaban J connectivity index is 0.979. The molecule has 5 rings (SSSR count). The Morgan fingerprint density at radius 2 is 0.875 bits per heavy atom. The third-order valence-corrected chi connectivity index (χ3v) is 11.6. The summed E-state index contributed by atoms with van der Waals surface area (Å²) in [6, 6.07) is 14.9. The number of rotatable bonds is 20. The van der Waals surface area contributed by atoms with E-state index >= 15 is 0 Å². The molecular formula is C46H60O10. The minimum absolute atomic E-state index is 0.210. The molecule has 2 aliphatic carbocycles. The standard InChI is InChI=1S/C46H60O10/c1-3-41(47)51-29-5-7-33-9-13-35(14-10-33)17-19-37-21-25-39(26-22-37)43(49)55-45-46(54-32-31-53-45)56-44(50)40-27-23-38(24-28-40)20-18-36-15-11-34(12-16-36)8-6-30-52-42(48)4-2/h3-4,21-28,33-36,45-46H,1-2,5-20,29-32H2/t33?,34?,35?,36?,45-,46-/m1/s1. The second-order valence-corrected chi connectivity index (χ2v) is 15.6. The predicted octanol–water partition coefficient (Wildman–Crippen LogP) is 8.90. The maximum atomic E-state index is 13.1. The van der Waals surface area contributed by atoms with E-state index in [0.717, 1.165) is 51.4 Å². The van der Waals surface area contributed by atoms with E-state index in [0.29, 0.717) is 48.0 Å². The van der Waals surface area contributed by atoms with Crippen molar-refractivity contribution in [1.82, 2.24) is 0 Å². The van der Waals surface area contributed by atoms with Gasteiger partial charge in [-0.2, -0.15) is 0 Å². The van der Waals surface area contributed by atoms with Crippen LogP contribution in [0.5, 0.6) is 0 Å². The van der Waals surface area contributed by atoms with Crippen LogP contribution in [0.1, 0.15) is 122 Å². The van der Waals surface area contributed by atoms with E-state index in [2.05, 4.69) is 13.2 Å². The van der Waals surface area contributed by atoms with E-state index < -0.39 is 24.5 Å². The molecule has 2 atom stereocenters. The molecule has 1 heterocycles. The quantitative estimate of drug-likeness (QED) is 0.0558. The lowest BCUT2D eigenvalue weighted by molar-refractivity contribution is -0.288. The molecule has 10 nitrogen and oxygen atoms in total. The Kier molecular flexibility index (Phi) is 17.7. The van der Waals surface area contributed by atoms with E-state index in [-0.39, 0.29) is 25.2 Å². The lowest BCUT2D eigenvalue weighted by atomic mass is 9.78. The van der Waals surface area contributed by atoms with E-state index in [1.165, 1.54) is 74.6 Å². The Labute approximate surface area is 332 Å². The van der Waals surface area contributed by atoms with Crippen molar-refractivity contribution in [3.8, 4) is 0 Å². The summed E-state index contributed by atoms with van der Waals surface area (Å²) >= 11 is 0. The first kappa shape index (κ1) is 42.9. The molecule has 0 radical (unpaired) electrons. The Hall–Kier alpha value is -4.28. The molecule has 56 heavy (non-hydrogen) atoms. The van der Waals surface area contributed by atoms with Crippen molar-refractivity contribution in [3.63, 3.8) is 0 Å². The fourth-order valence-electron chi connectivity index (χ4n) is 8.19. The molecule has 0 amide bonds. The number of aryl methyl sites for hydroxylation is 2. The Morgan fingerprint density at radius 1 is 0.536 bits per heavy atom. The molecule has 10 heteroatoms. The maximum Gasteiger partial charge on any atom is 0.340 e. The first-order valence-electron chi connectivity index (χ1n) is 20.7. The molecule has 2 aromatic carbocycles. The summed E-state index contributed by atoms with van der Waals surface area (Å²) in [4.78, 5) is 48.6. The number of hydrogen-bond donors (Lipinski definition) is 0. The molecule has 0 N–H and O–H groups in total. The summed E-state index contributed by atoms with van der Waals surface area (Å²) in [5, 5.41) is 0. The lowest BCUT2D eigenvalue weighted by Crippen LogP contribution is -2.44. The van der Waals surface area contributed by atoms with Crippen molar-refractivity contribution in [1.29, 1.82) is 0 Å². The molecule has 1 saturated heterocycles. The maximum absolute atomic E-state index is 13.1. The molecular weight excluding hydrogens is 712 g/mol. The van der Waals surface area contributed by atoms with Gasteiger partial charge in [-0.3, -0.25) is 0 Å². The first-order chi connectivity index (χ1) is 27.3. The number of carbonyl (C=O) groups is 4. The van der Waals surface area contributed by atoms with Crippen LogP contribution < -0.4 is 0 Å². The molecule has 0 spiro atoms. The van der Waals surface area contributed by atoms with Gasteiger partial charge in [0.25, 0.3) is 12.6 Å². The summed E-state index contributed by atoms with van der Waals surface area (Å²) in [5.41, 5.74) is 3.12. The highest BCUT2D eigenvalue weighted by atomic mass is 16.8. The van der Waals surface area contributed by atoms with E-state index in [9.17, 15) is 19.2 Å². The second-order valence-electron chi connectivity index (χ2n) is 15.6. The Morgan fingerprint density at radius 3 is 1.21 bits per heavy atom. The Bertz CT molecular complexity index is 1430. The minimum atomic E-state index is -1.18. The van der Waals surface area contributed by atoms with Crippen LogP contribution in [-0.4, -0.2) is 62.9 Å². The number of hydrogen-bond acceptors (Lipinski definition) is 10. The van der Waals surface area contributed by atoms with Gasteiger partial charge >= 0.3 is 23.9 Å². The predicted molar refractivity (Wildman–Crippen MR) is 212 cm³/mol. The molecule has 2 saturated carbocycles. The number of esters is 4. The normalized spacial score (nSPS) is 23.6. The zero-order chi connectivity index (χ0) is 39.5. The van der Waals surface area contributed by atoms with Crippen LogP contribution in [0.25, 0.3) is 0 Å². The highest BCUT2D eigenvalue weighted by molar-refractivity contribution is 5.90. The summed E-state index contributed by atoms with van der Waals surface area (Å²) in [6.45, 7) is 8.20. The van der Waals surface area contributed by atoms with Gasteiger partial charge in [-0.1, -0.05) is 88.8 Å². The topological polar surface area (TPSA) is 124 Å². The fraction of sp³-hybridized carbons (Fsp3) is 0.565. The summed E-state index contributed by atoms with van der Waals surface area (Å²) < 4.78 is 32.8. The van der Waals surface area contributed by atoms with Crippen molar-refractivity contribution < 1.29 is 47.6 Å². The second kappa shape index (κ2) is 23.1. The molecule has 2 aromatic rings. The largest absolute Gasteiger partial charge is 0.463 e. The average molecular weight is 773 g/mol. The van der Waals surface area contributed by atoms with Crippen LogP contribution in [0.3, 0.4) is 0 Å². The molecule has 3 fully saturated rings. The van der Waals surface area contributed by atoms with E-state index in [1.807, 2.05) is 24.3 Å². The number of benzene rings is 2. The molecule has 0 aromatic heterocycles. The van der Waals surface area contributed by atoms with Gasteiger partial charge in [-0.15, -0.1) is 0 Å². The van der Waals surface area contributed by atoms with Gasteiger partial charge in [0.2, 0.25) is 0 Å². The SMILES string of the molecule is C=CC(=O)OCCCC1CCC(CCc2ccc(C(=O)O[C@H]3OCCO[C@@H]3OC(=O)c3ccc(CCC4CCC(CCCOC(=O)C=C)CC4)cc3)cc2)CC1. The fourth-order valence-corrected chi connectivity index (χ4v) is 8.19. The highest BCUT2D eigenvalue weighted by Crippen LogP contribution is 2.35. The first-order valence-corrected chi connectivity index (χ1v) is 20.7. The van der Waals surface area contributed by atoms with Gasteiger partial charge in [-0.05, 0) is 110 Å². The number of carbonyl (C=O) groups excluding carboxylic acids is 4. The van der Waals surface area contributed by atoms with Crippen molar-refractivity contribution in [2.45, 2.75) is 115 Å². The van der Waals surface area contributed by atoms with Crippen LogP contribution in [0.2, 0.25) is 0 Å². The molecule has 1 aliphatic heterocycles. The zero-order valence-electron chi connectivity index (χ0n) is 32.9. The van der Waals surface area contributed by atoms with Crippen LogP contribution in [0.4, 0.5) is 0 Å². The minimum Gasteiger partial charge on any atom is -0.463 e. The highest BCUT2D eigenvalue weighted by Gasteiger charge is 2.34. The monoisotopic (exact) mass is 772 g/mol. The van der Waals surface area contributed by atoms with Crippen molar-refractivity contribution in [2.75, 3.05) is 26.4 Å². The van der Waals surface area contributed by atoms with Crippen LogP contribution in [-0.2, 0) is 50.9 Å². The smallest absolute Gasteiger partial charge is 0.340 e. The van der Waals surface area contributed by atoms with Crippen molar-refractivity contribution in [3.05, 3.63) is 96.1 Å². The average Bonchev–Trinajstić information content (AvgIpc) is 3.24. The van der Waals surface area contributed by atoms with Crippen LogP contribution >= 0.6 is 0 Å². The molecule has 0 unspecified atom stereocenters. The van der Waals surface area contributed by atoms with Gasteiger partial charge in [-0.25, -0.2) is 19.2 Å². The number of ether oxygens (including phenoxy) is 6. The third kappa shape index (κ3) is 14.3. The summed E-state index contributed by atoms with van der Waals surface area (Å²) in [7, 11) is 0. The van der Waals surface area contributed by atoms with Crippen LogP contribution in [0, 0.1) is 23.7 Å². The molecule has 0 bridgehead atoms. The third-order valence-electron chi connectivity index (χ3n) is 11.6. The zero-order valence-corrected chi connectivity index (χ0v) is 32.9. The van der Waals surface area contributed by atoms with Gasteiger partial charge in [0, 0.05) is 12.2 Å². The lowest BCUT2D eigenvalue weighted by Gasteiger charge is -2.30. The molecule has 3 aliphatic rings. The molecule has 304 valence electrons. The van der Waals surface area contributed by atoms with Crippen molar-refractivity contribution in [2.24, 2.45) is 23.7 Å². The van der Waals surface area contributed by atoms with Crippen LogP contribution in [0.15, 0.2) is 73.8 Å². The van der Waals surface area contributed by atoms with E-state index in [1.54, 1.807) is 24.3 Å². The van der Waals surface area contributed by atoms with E-state index in [4.69, 9.17) is 28.4 Å². The van der Waals surface area contributed by atoms with Gasteiger partial charge in [0.15, 0.2) is 0 Å². The summed E-state index contributed by atoms with van der Waals surface area (Å²) in [5.74, 6) is 0.929. The van der Waals surface area contributed by atoms with Gasteiger partial charge in [0.1, 0.15) is 0 Å². The van der Waals surface area contributed by atoms with Gasteiger partial charge in [0.05, 0.1) is 37.6 Å².